The highest BCUT2D eigenvalue weighted by Gasteiger charge is 2.10. The topological polar surface area (TPSA) is 59.1 Å². The van der Waals surface area contributed by atoms with Gasteiger partial charge in [-0.3, -0.25) is 0 Å². The van der Waals surface area contributed by atoms with E-state index >= 15 is 0 Å². The van der Waals surface area contributed by atoms with Crippen molar-refractivity contribution in [2.24, 2.45) is 0 Å². The Bertz CT molecular complexity index is 519. The van der Waals surface area contributed by atoms with Crippen LogP contribution in [0.5, 0.6) is 0 Å². The van der Waals surface area contributed by atoms with Gasteiger partial charge < -0.3 is 10.8 Å². The third-order valence-corrected chi connectivity index (χ3v) is 3.92. The summed E-state index contributed by atoms with van der Waals surface area (Å²) >= 11 is 7.42. The SMILES string of the molecule is Nc1ccc(C(O)CSc2ncccc2Cl)cc1. The number of nitrogens with two attached hydrogens (primary N) is 1. The van der Waals surface area contributed by atoms with Gasteiger partial charge in [-0.25, -0.2) is 4.98 Å². The van der Waals surface area contributed by atoms with Gasteiger partial charge >= 0.3 is 0 Å². The van der Waals surface area contributed by atoms with E-state index in [2.05, 4.69) is 4.98 Å². The van der Waals surface area contributed by atoms with Gasteiger partial charge in [0.2, 0.25) is 0 Å². The molecule has 1 aromatic carbocycles. The highest BCUT2D eigenvalue weighted by atomic mass is 35.5. The first kappa shape index (κ1) is 13.2. The maximum atomic E-state index is 10.0. The van der Waals surface area contributed by atoms with Crippen molar-refractivity contribution in [3.05, 3.63) is 53.2 Å². The molecule has 5 heteroatoms. The van der Waals surface area contributed by atoms with Crippen molar-refractivity contribution in [2.45, 2.75) is 11.1 Å². The van der Waals surface area contributed by atoms with Crippen molar-refractivity contribution in [1.82, 2.24) is 4.98 Å². The summed E-state index contributed by atoms with van der Waals surface area (Å²) in [7, 11) is 0. The van der Waals surface area contributed by atoms with E-state index in [-0.39, 0.29) is 0 Å². The van der Waals surface area contributed by atoms with Gasteiger partial charge in [-0.05, 0) is 29.8 Å². The smallest absolute Gasteiger partial charge is 0.115 e. The van der Waals surface area contributed by atoms with Crippen molar-refractivity contribution in [3.8, 4) is 0 Å². The molecule has 3 N–H and O–H groups in total. The quantitative estimate of drug-likeness (QED) is 0.667. The van der Waals surface area contributed by atoms with Crippen LogP contribution in [0, 0.1) is 0 Å². The Labute approximate surface area is 115 Å². The van der Waals surface area contributed by atoms with Crippen LogP contribution in [0.25, 0.3) is 0 Å². The van der Waals surface area contributed by atoms with Crippen LogP contribution in [-0.2, 0) is 0 Å². The predicted molar refractivity (Wildman–Crippen MR) is 75.8 cm³/mol. The fraction of sp³-hybridized carbons (Fsp3) is 0.154. The van der Waals surface area contributed by atoms with Gasteiger partial charge in [-0.1, -0.05) is 23.7 Å². The Morgan fingerprint density at radius 3 is 2.67 bits per heavy atom. The maximum absolute atomic E-state index is 10.0. The molecule has 94 valence electrons. The monoisotopic (exact) mass is 280 g/mol. The summed E-state index contributed by atoms with van der Waals surface area (Å²) in [6.07, 6.45) is 1.12. The minimum absolute atomic E-state index is 0.501. The van der Waals surface area contributed by atoms with E-state index < -0.39 is 6.10 Å². The highest BCUT2D eigenvalue weighted by Crippen LogP contribution is 2.28. The predicted octanol–water partition coefficient (Wildman–Crippen LogP) is 3.14. The van der Waals surface area contributed by atoms with E-state index in [1.165, 1.54) is 11.8 Å². The van der Waals surface area contributed by atoms with Crippen molar-refractivity contribution < 1.29 is 5.11 Å². The molecule has 0 amide bonds. The lowest BCUT2D eigenvalue weighted by molar-refractivity contribution is 0.204. The lowest BCUT2D eigenvalue weighted by Gasteiger charge is -2.11. The first-order valence-electron chi connectivity index (χ1n) is 5.43. The van der Waals surface area contributed by atoms with Crippen LogP contribution in [0.1, 0.15) is 11.7 Å². The Morgan fingerprint density at radius 1 is 1.28 bits per heavy atom. The number of aromatic nitrogens is 1. The zero-order valence-corrected chi connectivity index (χ0v) is 11.2. The van der Waals surface area contributed by atoms with E-state index in [0.717, 1.165) is 10.6 Å². The number of pyridine rings is 1. The average Bonchev–Trinajstić information content (AvgIpc) is 2.38. The van der Waals surface area contributed by atoms with E-state index in [1.807, 2.05) is 12.1 Å². The number of aliphatic hydroxyl groups is 1. The zero-order valence-electron chi connectivity index (χ0n) is 9.58. The van der Waals surface area contributed by atoms with Crippen LogP contribution in [0.3, 0.4) is 0 Å². The van der Waals surface area contributed by atoms with Crippen molar-refractivity contribution in [2.75, 3.05) is 11.5 Å². The van der Waals surface area contributed by atoms with Crippen LogP contribution in [0.2, 0.25) is 5.02 Å². The molecular formula is C13H13ClN2OS. The Balaban J connectivity index is 1.98. The molecule has 0 bridgehead atoms. The van der Waals surface area contributed by atoms with E-state index in [0.29, 0.717) is 16.5 Å². The number of rotatable bonds is 4. The van der Waals surface area contributed by atoms with Gasteiger partial charge in [-0.15, -0.1) is 11.8 Å². The van der Waals surface area contributed by atoms with Crippen molar-refractivity contribution >= 4 is 29.1 Å². The van der Waals surface area contributed by atoms with Crippen LogP contribution in [0.4, 0.5) is 5.69 Å². The first-order valence-corrected chi connectivity index (χ1v) is 6.80. The molecule has 0 aliphatic carbocycles. The maximum Gasteiger partial charge on any atom is 0.115 e. The zero-order chi connectivity index (χ0) is 13.0. The summed E-state index contributed by atoms with van der Waals surface area (Å²) in [6.45, 7) is 0. The molecule has 0 fully saturated rings. The fourth-order valence-corrected chi connectivity index (χ4v) is 2.58. The van der Waals surface area contributed by atoms with E-state index in [4.69, 9.17) is 17.3 Å². The van der Waals surface area contributed by atoms with Gasteiger partial charge in [0.25, 0.3) is 0 Å². The lowest BCUT2D eigenvalue weighted by atomic mass is 10.1. The van der Waals surface area contributed by atoms with E-state index in [9.17, 15) is 5.11 Å². The molecule has 18 heavy (non-hydrogen) atoms. The van der Waals surface area contributed by atoms with Crippen molar-refractivity contribution in [1.29, 1.82) is 0 Å². The largest absolute Gasteiger partial charge is 0.399 e. The lowest BCUT2D eigenvalue weighted by Crippen LogP contribution is -2.01. The van der Waals surface area contributed by atoms with Crippen LogP contribution in [0.15, 0.2) is 47.6 Å². The number of benzene rings is 1. The van der Waals surface area contributed by atoms with Gasteiger partial charge in [-0.2, -0.15) is 0 Å². The Kier molecular flexibility index (Phi) is 4.47. The highest BCUT2D eigenvalue weighted by molar-refractivity contribution is 7.99. The average molecular weight is 281 g/mol. The minimum Gasteiger partial charge on any atom is -0.399 e. The molecule has 0 spiro atoms. The molecule has 2 aromatic rings. The van der Waals surface area contributed by atoms with Gasteiger partial charge in [0.05, 0.1) is 11.1 Å². The van der Waals surface area contributed by atoms with Crippen LogP contribution >= 0.6 is 23.4 Å². The summed E-state index contributed by atoms with van der Waals surface area (Å²) in [4.78, 5) is 4.16. The van der Waals surface area contributed by atoms with Gasteiger partial charge in [0.15, 0.2) is 0 Å². The Hall–Kier alpha value is -1.23. The normalized spacial score (nSPS) is 12.3. The molecule has 1 aromatic heterocycles. The number of halogens is 1. The molecule has 1 heterocycles. The molecule has 0 saturated heterocycles. The molecule has 0 aliphatic rings. The minimum atomic E-state index is -0.561. The van der Waals surface area contributed by atoms with Crippen molar-refractivity contribution in [3.63, 3.8) is 0 Å². The third kappa shape index (κ3) is 3.38. The second-order valence-corrected chi connectivity index (χ2v) is 5.20. The standard InChI is InChI=1S/C13H13ClN2OS/c14-11-2-1-7-16-13(11)18-8-12(17)9-3-5-10(15)6-4-9/h1-7,12,17H,8,15H2. The number of nitrogens with zero attached hydrogens (tertiary/aromatic N) is 1. The summed E-state index contributed by atoms with van der Waals surface area (Å²) < 4.78 is 0. The number of hydrogen-bond acceptors (Lipinski definition) is 4. The molecular weight excluding hydrogens is 268 g/mol. The second kappa shape index (κ2) is 6.09. The van der Waals surface area contributed by atoms with Crippen LogP contribution < -0.4 is 5.73 Å². The number of anilines is 1. The summed E-state index contributed by atoms with van der Waals surface area (Å²) in [6, 6.07) is 10.8. The second-order valence-electron chi connectivity index (χ2n) is 3.78. The molecule has 0 radical (unpaired) electrons. The fourth-order valence-electron chi connectivity index (χ4n) is 1.45. The molecule has 1 unspecified atom stereocenters. The Morgan fingerprint density at radius 2 is 2.00 bits per heavy atom. The number of nitrogen functional groups attached to an aromatic ring is 1. The van der Waals surface area contributed by atoms with Crippen LogP contribution in [-0.4, -0.2) is 15.8 Å². The number of hydrogen-bond donors (Lipinski definition) is 2. The summed E-state index contributed by atoms with van der Waals surface area (Å²) in [5, 5.41) is 11.4. The summed E-state index contributed by atoms with van der Waals surface area (Å²) in [5.74, 6) is 0.501. The molecule has 1 atom stereocenters. The molecule has 2 rings (SSSR count). The van der Waals surface area contributed by atoms with Gasteiger partial charge in [0.1, 0.15) is 5.03 Å². The molecule has 3 nitrogen and oxygen atoms in total. The molecule has 0 saturated carbocycles. The number of aliphatic hydroxyl groups excluding tert-OH is 1. The first-order chi connectivity index (χ1) is 8.66. The number of thioether (sulfide) groups is 1. The van der Waals surface area contributed by atoms with E-state index in [1.54, 1.807) is 30.5 Å². The summed E-state index contributed by atoms with van der Waals surface area (Å²) in [5.41, 5.74) is 7.12. The third-order valence-electron chi connectivity index (χ3n) is 2.42. The van der Waals surface area contributed by atoms with Gasteiger partial charge in [0, 0.05) is 17.6 Å². The molecule has 0 aliphatic heterocycles.